The van der Waals surface area contributed by atoms with Crippen molar-refractivity contribution < 1.29 is 4.39 Å². The summed E-state index contributed by atoms with van der Waals surface area (Å²) in [5, 5.41) is 3.58. The number of hydrogen-bond donors (Lipinski definition) is 1. The van der Waals surface area contributed by atoms with E-state index in [9.17, 15) is 4.39 Å². The highest BCUT2D eigenvalue weighted by molar-refractivity contribution is 9.10. The zero-order valence-corrected chi connectivity index (χ0v) is 11.1. The number of halogens is 3. The molecule has 88 valence electrons. The number of rotatable bonds is 3. The summed E-state index contributed by atoms with van der Waals surface area (Å²) in [5.41, 5.74) is 1.31. The summed E-state index contributed by atoms with van der Waals surface area (Å²) < 4.78 is 14.3. The second kappa shape index (κ2) is 5.47. The highest BCUT2D eigenvalue weighted by atomic mass is 79.9. The topological polar surface area (TPSA) is 24.9 Å². The molecule has 0 aliphatic carbocycles. The predicted octanol–water partition coefficient (Wildman–Crippen LogP) is 4.25. The van der Waals surface area contributed by atoms with Crippen LogP contribution in [-0.2, 0) is 6.54 Å². The van der Waals surface area contributed by atoms with Crippen molar-refractivity contribution in [3.63, 3.8) is 0 Å². The first-order valence-electron chi connectivity index (χ1n) is 4.94. The van der Waals surface area contributed by atoms with Crippen LogP contribution < -0.4 is 5.32 Å². The van der Waals surface area contributed by atoms with Crippen molar-refractivity contribution in [1.82, 2.24) is 4.98 Å². The van der Waals surface area contributed by atoms with Gasteiger partial charge in [0.05, 0.1) is 10.7 Å². The van der Waals surface area contributed by atoms with Crippen molar-refractivity contribution >= 4 is 33.2 Å². The van der Waals surface area contributed by atoms with Crippen LogP contribution in [0.4, 0.5) is 10.1 Å². The summed E-state index contributed by atoms with van der Waals surface area (Å²) in [6, 6.07) is 6.57. The summed E-state index contributed by atoms with van der Waals surface area (Å²) in [6.07, 6.45) is 3.17. The van der Waals surface area contributed by atoms with Crippen molar-refractivity contribution in [1.29, 1.82) is 0 Å². The maximum Gasteiger partial charge on any atom is 0.128 e. The van der Waals surface area contributed by atoms with Crippen molar-refractivity contribution in [3.05, 3.63) is 57.5 Å². The van der Waals surface area contributed by atoms with Crippen molar-refractivity contribution in [3.8, 4) is 0 Å². The maximum atomic E-state index is 13.5. The van der Waals surface area contributed by atoms with Gasteiger partial charge in [-0.05, 0) is 24.3 Å². The van der Waals surface area contributed by atoms with Gasteiger partial charge in [-0.25, -0.2) is 4.39 Å². The molecule has 0 saturated heterocycles. The van der Waals surface area contributed by atoms with Crippen LogP contribution in [0.15, 0.2) is 41.1 Å². The highest BCUT2D eigenvalue weighted by Crippen LogP contribution is 2.21. The molecule has 0 aliphatic rings. The standard InChI is InChI=1S/C12H9BrClFN2/c13-9-1-2-11(15)8(5-9)6-17-12-3-4-16-7-10(12)14/h1-5,7H,6H2,(H,16,17). The monoisotopic (exact) mass is 314 g/mol. The molecule has 1 N–H and O–H groups in total. The average Bonchev–Trinajstić information content (AvgIpc) is 2.32. The average molecular weight is 316 g/mol. The third kappa shape index (κ3) is 3.17. The Labute approximate surface area is 112 Å². The lowest BCUT2D eigenvalue weighted by Gasteiger charge is -2.08. The van der Waals surface area contributed by atoms with Gasteiger partial charge in [-0.1, -0.05) is 27.5 Å². The van der Waals surface area contributed by atoms with Crippen LogP contribution in [0.1, 0.15) is 5.56 Å². The Morgan fingerprint density at radius 3 is 2.94 bits per heavy atom. The Bertz CT molecular complexity index is 534. The molecule has 5 heteroatoms. The third-order valence-electron chi connectivity index (χ3n) is 2.25. The molecule has 0 fully saturated rings. The second-order valence-electron chi connectivity index (χ2n) is 3.44. The molecule has 0 radical (unpaired) electrons. The van der Waals surface area contributed by atoms with E-state index < -0.39 is 0 Å². The number of hydrogen-bond acceptors (Lipinski definition) is 2. The molecule has 1 aromatic carbocycles. The van der Waals surface area contributed by atoms with E-state index in [1.807, 2.05) is 0 Å². The Morgan fingerprint density at radius 2 is 2.18 bits per heavy atom. The van der Waals surface area contributed by atoms with Crippen LogP contribution in [0.3, 0.4) is 0 Å². The lowest BCUT2D eigenvalue weighted by molar-refractivity contribution is 0.612. The largest absolute Gasteiger partial charge is 0.380 e. The van der Waals surface area contributed by atoms with Gasteiger partial charge in [-0.3, -0.25) is 4.98 Å². The van der Waals surface area contributed by atoms with Crippen LogP contribution in [0.5, 0.6) is 0 Å². The first-order valence-corrected chi connectivity index (χ1v) is 6.11. The summed E-state index contributed by atoms with van der Waals surface area (Å²) in [4.78, 5) is 3.88. The smallest absolute Gasteiger partial charge is 0.128 e. The molecule has 0 amide bonds. The molecule has 2 rings (SSSR count). The van der Waals surface area contributed by atoms with E-state index in [2.05, 4.69) is 26.2 Å². The quantitative estimate of drug-likeness (QED) is 0.916. The maximum absolute atomic E-state index is 13.5. The Hall–Kier alpha value is -1.13. The SMILES string of the molecule is Fc1ccc(Br)cc1CNc1ccncc1Cl. The van der Waals surface area contributed by atoms with E-state index in [1.54, 1.807) is 30.6 Å². The molecule has 1 heterocycles. The summed E-state index contributed by atoms with van der Waals surface area (Å²) in [7, 11) is 0. The lowest BCUT2D eigenvalue weighted by atomic mass is 10.2. The van der Waals surface area contributed by atoms with Crippen molar-refractivity contribution in [2.24, 2.45) is 0 Å². The van der Waals surface area contributed by atoms with Crippen LogP contribution in [0.25, 0.3) is 0 Å². The second-order valence-corrected chi connectivity index (χ2v) is 4.77. The van der Waals surface area contributed by atoms with Gasteiger partial charge < -0.3 is 5.32 Å². The van der Waals surface area contributed by atoms with Crippen LogP contribution in [0, 0.1) is 5.82 Å². The van der Waals surface area contributed by atoms with Gasteiger partial charge in [-0.15, -0.1) is 0 Å². The van der Waals surface area contributed by atoms with Gasteiger partial charge in [0.2, 0.25) is 0 Å². The van der Waals surface area contributed by atoms with E-state index >= 15 is 0 Å². The van der Waals surface area contributed by atoms with Crippen LogP contribution in [-0.4, -0.2) is 4.98 Å². The van der Waals surface area contributed by atoms with E-state index in [0.29, 0.717) is 17.1 Å². The van der Waals surface area contributed by atoms with Crippen molar-refractivity contribution in [2.45, 2.75) is 6.54 Å². The van der Waals surface area contributed by atoms with Crippen LogP contribution >= 0.6 is 27.5 Å². The summed E-state index contributed by atoms with van der Waals surface area (Å²) in [6.45, 7) is 0.370. The van der Waals surface area contributed by atoms with Gasteiger partial charge in [0.15, 0.2) is 0 Å². The van der Waals surface area contributed by atoms with E-state index in [0.717, 1.165) is 10.2 Å². The van der Waals surface area contributed by atoms with E-state index in [1.165, 1.54) is 6.07 Å². The van der Waals surface area contributed by atoms with Gasteiger partial charge in [0.1, 0.15) is 5.82 Å². The fourth-order valence-electron chi connectivity index (χ4n) is 1.39. The van der Waals surface area contributed by atoms with Gasteiger partial charge in [-0.2, -0.15) is 0 Å². The molecule has 0 aliphatic heterocycles. The molecule has 1 aromatic heterocycles. The zero-order chi connectivity index (χ0) is 12.3. The van der Waals surface area contributed by atoms with Gasteiger partial charge in [0.25, 0.3) is 0 Å². The first-order chi connectivity index (χ1) is 8.16. The number of pyridine rings is 1. The minimum absolute atomic E-state index is 0.245. The summed E-state index contributed by atoms with van der Waals surface area (Å²) in [5.74, 6) is -0.245. The molecule has 0 atom stereocenters. The van der Waals surface area contributed by atoms with Gasteiger partial charge in [0, 0.05) is 29.0 Å². The Kier molecular flexibility index (Phi) is 3.97. The predicted molar refractivity (Wildman–Crippen MR) is 70.7 cm³/mol. The molecule has 17 heavy (non-hydrogen) atoms. The Balaban J connectivity index is 2.12. The molecular formula is C12H9BrClFN2. The number of benzene rings is 1. The van der Waals surface area contributed by atoms with Crippen LogP contribution in [0.2, 0.25) is 5.02 Å². The molecular weight excluding hydrogens is 307 g/mol. The molecule has 0 unspecified atom stereocenters. The lowest BCUT2D eigenvalue weighted by Crippen LogP contribution is -2.02. The van der Waals surface area contributed by atoms with E-state index in [-0.39, 0.29) is 5.82 Å². The molecule has 2 nitrogen and oxygen atoms in total. The van der Waals surface area contributed by atoms with Gasteiger partial charge >= 0.3 is 0 Å². The fraction of sp³-hybridized carbons (Fsp3) is 0.0833. The minimum Gasteiger partial charge on any atom is -0.380 e. The molecule has 2 aromatic rings. The number of anilines is 1. The zero-order valence-electron chi connectivity index (χ0n) is 8.75. The molecule has 0 spiro atoms. The summed E-state index contributed by atoms with van der Waals surface area (Å²) >= 11 is 9.24. The molecule has 0 bridgehead atoms. The number of aromatic nitrogens is 1. The normalized spacial score (nSPS) is 10.3. The Morgan fingerprint density at radius 1 is 1.35 bits per heavy atom. The highest BCUT2D eigenvalue weighted by Gasteiger charge is 2.04. The molecule has 0 saturated carbocycles. The third-order valence-corrected chi connectivity index (χ3v) is 3.04. The fourth-order valence-corrected chi connectivity index (χ4v) is 1.98. The minimum atomic E-state index is -0.245. The number of nitrogens with one attached hydrogen (secondary N) is 1. The van der Waals surface area contributed by atoms with E-state index in [4.69, 9.17) is 11.6 Å². The number of nitrogens with zero attached hydrogens (tertiary/aromatic N) is 1. The first kappa shape index (κ1) is 12.3. The van der Waals surface area contributed by atoms with Crippen molar-refractivity contribution in [2.75, 3.05) is 5.32 Å².